The third-order valence-electron chi connectivity index (χ3n) is 2.52. The third kappa shape index (κ3) is 7.16. The number of hydrogen-bond acceptors (Lipinski definition) is 4. The van der Waals surface area contributed by atoms with E-state index in [1.807, 2.05) is 0 Å². The Morgan fingerprint density at radius 2 is 1.81 bits per heavy atom. The van der Waals surface area contributed by atoms with Crippen LogP contribution < -0.4 is 4.72 Å². The minimum atomic E-state index is -4.36. The molecule has 0 unspecified atom stereocenters. The number of benzene rings is 1. The van der Waals surface area contributed by atoms with Crippen molar-refractivity contribution in [1.29, 1.82) is 0 Å². The number of nitrogens with one attached hydrogen (secondary N) is 1. The van der Waals surface area contributed by atoms with Gasteiger partial charge in [-0.2, -0.15) is 13.2 Å². The van der Waals surface area contributed by atoms with Crippen LogP contribution in [0, 0.1) is 0 Å². The molecule has 0 aliphatic heterocycles. The molecule has 4 nitrogen and oxygen atoms in total. The van der Waals surface area contributed by atoms with Crippen LogP contribution in [-0.4, -0.2) is 37.9 Å². The number of hydrogen-bond donors (Lipinski definition) is 2. The number of halogens is 3. The highest BCUT2D eigenvalue weighted by atomic mass is 32.2. The van der Waals surface area contributed by atoms with E-state index in [-0.39, 0.29) is 35.6 Å². The van der Waals surface area contributed by atoms with E-state index in [4.69, 9.17) is 5.11 Å². The minimum Gasteiger partial charge on any atom is -0.396 e. The molecule has 0 aromatic heterocycles. The second-order valence-electron chi connectivity index (χ2n) is 4.16. The molecule has 0 saturated carbocycles. The lowest BCUT2D eigenvalue weighted by atomic mass is 10.1. The van der Waals surface area contributed by atoms with Crippen molar-refractivity contribution in [2.75, 3.05) is 18.9 Å². The topological polar surface area (TPSA) is 66.4 Å². The first-order valence-corrected chi connectivity index (χ1v) is 8.61. The van der Waals surface area contributed by atoms with Crippen molar-refractivity contribution in [1.82, 2.24) is 4.72 Å². The predicted molar refractivity (Wildman–Crippen MR) is 75.6 cm³/mol. The lowest BCUT2D eigenvalue weighted by molar-refractivity contribution is -0.0327. The Kier molecular flexibility index (Phi) is 6.98. The van der Waals surface area contributed by atoms with Crippen LogP contribution in [-0.2, 0) is 16.4 Å². The van der Waals surface area contributed by atoms with Crippen LogP contribution in [0.1, 0.15) is 12.0 Å². The van der Waals surface area contributed by atoms with Crippen molar-refractivity contribution >= 4 is 21.8 Å². The summed E-state index contributed by atoms with van der Waals surface area (Å²) < 4.78 is 61.5. The molecular weight excluding hydrogens is 327 g/mol. The minimum absolute atomic E-state index is 0.00672. The number of aliphatic hydroxyl groups is 1. The summed E-state index contributed by atoms with van der Waals surface area (Å²) in [5, 5.41) is 8.70. The summed E-state index contributed by atoms with van der Waals surface area (Å²) >= 11 is -0.270. The van der Waals surface area contributed by atoms with E-state index in [9.17, 15) is 21.6 Å². The van der Waals surface area contributed by atoms with Gasteiger partial charge in [-0.1, -0.05) is 12.1 Å². The Morgan fingerprint density at radius 3 is 2.33 bits per heavy atom. The molecule has 0 atom stereocenters. The third-order valence-corrected chi connectivity index (χ3v) is 4.73. The van der Waals surface area contributed by atoms with Crippen LogP contribution in [0.5, 0.6) is 0 Å². The average molecular weight is 343 g/mol. The zero-order valence-corrected chi connectivity index (χ0v) is 12.7. The summed E-state index contributed by atoms with van der Waals surface area (Å²) in [6.07, 6.45) is 1.21. The van der Waals surface area contributed by atoms with Crippen molar-refractivity contribution in [2.45, 2.75) is 23.2 Å². The Hall–Kier alpha value is -0.770. The SMILES string of the molecule is O=S(=O)(NCCSC(F)(F)F)c1ccc(CCCO)cc1. The van der Waals surface area contributed by atoms with Crippen LogP contribution in [0.25, 0.3) is 0 Å². The predicted octanol–water partition coefficient (Wildman–Crippen LogP) is 2.14. The van der Waals surface area contributed by atoms with E-state index in [1.54, 1.807) is 12.1 Å². The summed E-state index contributed by atoms with van der Waals surface area (Å²) in [4.78, 5) is 0.00672. The average Bonchev–Trinajstić information content (AvgIpc) is 2.41. The normalized spacial score (nSPS) is 12.6. The number of sulfonamides is 1. The Labute approximate surface area is 125 Å². The molecule has 0 amide bonds. The monoisotopic (exact) mass is 343 g/mol. The number of rotatable bonds is 8. The van der Waals surface area contributed by atoms with Gasteiger partial charge < -0.3 is 5.11 Å². The van der Waals surface area contributed by atoms with E-state index in [0.29, 0.717) is 12.8 Å². The molecule has 0 heterocycles. The second-order valence-corrected chi connectivity index (χ2v) is 7.09. The number of thioether (sulfide) groups is 1. The van der Waals surface area contributed by atoms with Crippen LogP contribution in [0.4, 0.5) is 13.2 Å². The van der Waals surface area contributed by atoms with Gasteiger partial charge in [0.1, 0.15) is 0 Å². The van der Waals surface area contributed by atoms with Crippen LogP contribution in [0.3, 0.4) is 0 Å². The largest absolute Gasteiger partial charge is 0.441 e. The van der Waals surface area contributed by atoms with Crippen molar-refractivity contribution in [3.8, 4) is 0 Å². The summed E-state index contributed by atoms with van der Waals surface area (Å²) in [7, 11) is -3.80. The molecule has 0 fully saturated rings. The van der Waals surface area contributed by atoms with E-state index < -0.39 is 15.5 Å². The molecule has 0 saturated heterocycles. The van der Waals surface area contributed by atoms with Gasteiger partial charge in [-0.3, -0.25) is 0 Å². The summed E-state index contributed by atoms with van der Waals surface area (Å²) in [6, 6.07) is 6.03. The molecule has 0 bridgehead atoms. The lowest BCUT2D eigenvalue weighted by Crippen LogP contribution is -2.26. The van der Waals surface area contributed by atoms with Gasteiger partial charge in [0, 0.05) is 18.9 Å². The fourth-order valence-electron chi connectivity index (χ4n) is 1.54. The Balaban J connectivity index is 2.54. The van der Waals surface area contributed by atoms with Crippen molar-refractivity contribution in [3.63, 3.8) is 0 Å². The molecule has 1 rings (SSSR count). The second kappa shape index (κ2) is 8.02. The van der Waals surface area contributed by atoms with Crippen LogP contribution >= 0.6 is 11.8 Å². The number of aliphatic hydroxyl groups excluding tert-OH is 1. The van der Waals surface area contributed by atoms with E-state index in [0.717, 1.165) is 5.56 Å². The molecule has 0 radical (unpaired) electrons. The maximum absolute atomic E-state index is 11.9. The zero-order valence-electron chi connectivity index (χ0n) is 11.1. The first-order valence-electron chi connectivity index (χ1n) is 6.15. The highest BCUT2D eigenvalue weighted by Crippen LogP contribution is 2.29. The maximum Gasteiger partial charge on any atom is 0.441 e. The van der Waals surface area contributed by atoms with Gasteiger partial charge in [-0.15, -0.1) is 0 Å². The fraction of sp³-hybridized carbons (Fsp3) is 0.500. The van der Waals surface area contributed by atoms with Gasteiger partial charge in [0.15, 0.2) is 0 Å². The molecule has 120 valence electrons. The highest BCUT2D eigenvalue weighted by molar-refractivity contribution is 8.00. The number of aryl methyl sites for hydroxylation is 1. The molecule has 9 heteroatoms. The lowest BCUT2D eigenvalue weighted by Gasteiger charge is -2.08. The molecule has 1 aromatic carbocycles. The smallest absolute Gasteiger partial charge is 0.396 e. The molecule has 1 aromatic rings. The van der Waals surface area contributed by atoms with Gasteiger partial charge in [0.05, 0.1) is 4.90 Å². The maximum atomic E-state index is 11.9. The standard InChI is InChI=1S/C12H16F3NO3S2/c13-12(14,15)20-9-7-16-21(18,19)11-5-3-10(4-6-11)2-1-8-17/h3-6,16-17H,1-2,7-9H2. The van der Waals surface area contributed by atoms with E-state index >= 15 is 0 Å². The Bertz CT molecular complexity index is 530. The highest BCUT2D eigenvalue weighted by Gasteiger charge is 2.27. The van der Waals surface area contributed by atoms with Gasteiger partial charge in [-0.05, 0) is 42.3 Å². The summed E-state index contributed by atoms with van der Waals surface area (Å²) in [6.45, 7) is -0.239. The van der Waals surface area contributed by atoms with Gasteiger partial charge in [-0.25, -0.2) is 13.1 Å². The fourth-order valence-corrected chi connectivity index (χ4v) is 3.14. The van der Waals surface area contributed by atoms with Gasteiger partial charge in [0.25, 0.3) is 0 Å². The van der Waals surface area contributed by atoms with Crippen molar-refractivity contribution in [2.24, 2.45) is 0 Å². The zero-order chi connectivity index (χ0) is 15.9. The molecule has 21 heavy (non-hydrogen) atoms. The van der Waals surface area contributed by atoms with Gasteiger partial charge >= 0.3 is 5.51 Å². The Morgan fingerprint density at radius 1 is 1.19 bits per heavy atom. The summed E-state index contributed by atoms with van der Waals surface area (Å²) in [5.41, 5.74) is -3.48. The number of alkyl halides is 3. The molecule has 0 aliphatic rings. The quantitative estimate of drug-likeness (QED) is 0.710. The van der Waals surface area contributed by atoms with Crippen molar-refractivity contribution in [3.05, 3.63) is 29.8 Å². The molecule has 0 spiro atoms. The van der Waals surface area contributed by atoms with E-state index in [1.165, 1.54) is 12.1 Å². The van der Waals surface area contributed by atoms with Crippen LogP contribution in [0.2, 0.25) is 0 Å². The molecule has 2 N–H and O–H groups in total. The molecule has 0 aliphatic carbocycles. The first kappa shape index (κ1) is 18.3. The van der Waals surface area contributed by atoms with Gasteiger partial charge in [0.2, 0.25) is 10.0 Å². The van der Waals surface area contributed by atoms with Crippen LogP contribution in [0.15, 0.2) is 29.2 Å². The molecular formula is C12H16F3NO3S2. The first-order chi connectivity index (χ1) is 9.74. The van der Waals surface area contributed by atoms with E-state index in [2.05, 4.69) is 4.72 Å². The van der Waals surface area contributed by atoms with Crippen molar-refractivity contribution < 1.29 is 26.7 Å². The summed E-state index contributed by atoms with van der Waals surface area (Å²) in [5.74, 6) is -0.378.